The molecule has 0 spiro atoms. The van der Waals surface area contributed by atoms with Crippen LogP contribution >= 0.6 is 11.6 Å². The molecule has 0 radical (unpaired) electrons. The first-order chi connectivity index (χ1) is 10.6. The third-order valence-corrected chi connectivity index (χ3v) is 4.46. The van der Waals surface area contributed by atoms with Gasteiger partial charge in [-0.05, 0) is 30.3 Å². The van der Waals surface area contributed by atoms with Gasteiger partial charge in [0.2, 0.25) is 0 Å². The standard InChI is InChI=1S/C16H15ClN2O2S/c1-22(21)9-14(20)16-15(13-4-2-3-7-18-13)11-8-10(17)5-6-12(11)19-16/h2-8,14,19-20H,9H2,1H3. The van der Waals surface area contributed by atoms with Crippen molar-refractivity contribution in [3.63, 3.8) is 0 Å². The molecule has 2 heterocycles. The highest BCUT2D eigenvalue weighted by Gasteiger charge is 2.23. The number of aliphatic hydroxyl groups excluding tert-OH is 1. The lowest BCUT2D eigenvalue weighted by Crippen LogP contribution is -2.13. The molecule has 2 aromatic heterocycles. The number of aliphatic hydroxyl groups is 1. The van der Waals surface area contributed by atoms with Gasteiger partial charge in [-0.25, -0.2) is 0 Å². The number of pyridine rings is 1. The highest BCUT2D eigenvalue weighted by atomic mass is 35.5. The first-order valence-corrected chi connectivity index (χ1v) is 8.87. The normalized spacial score (nSPS) is 14.2. The van der Waals surface area contributed by atoms with Gasteiger partial charge in [-0.2, -0.15) is 0 Å². The third-order valence-electron chi connectivity index (χ3n) is 3.44. The molecule has 3 rings (SSSR count). The summed E-state index contributed by atoms with van der Waals surface area (Å²) in [5.74, 6) is 0.167. The summed E-state index contributed by atoms with van der Waals surface area (Å²) in [4.78, 5) is 7.59. The zero-order valence-electron chi connectivity index (χ0n) is 11.9. The number of nitrogens with zero attached hydrogens (tertiary/aromatic N) is 1. The van der Waals surface area contributed by atoms with Gasteiger partial charge in [-0.1, -0.05) is 28.8 Å². The van der Waals surface area contributed by atoms with E-state index in [2.05, 4.69) is 9.97 Å². The molecular weight excluding hydrogens is 320 g/mol. The fraction of sp³-hybridized carbons (Fsp3) is 0.188. The SMILES string of the molecule is C[S+]([O-])CC(O)c1[nH]c2ccc(Cl)cc2c1-c1ccccn1. The summed E-state index contributed by atoms with van der Waals surface area (Å²) in [5.41, 5.74) is 3.02. The lowest BCUT2D eigenvalue weighted by atomic mass is 10.0. The van der Waals surface area contributed by atoms with E-state index in [1.165, 1.54) is 0 Å². The maximum atomic E-state index is 11.4. The van der Waals surface area contributed by atoms with E-state index in [0.717, 1.165) is 22.2 Å². The fourth-order valence-corrected chi connectivity index (χ4v) is 3.31. The smallest absolute Gasteiger partial charge is 0.139 e. The Kier molecular flexibility index (Phi) is 4.40. The van der Waals surface area contributed by atoms with E-state index in [4.69, 9.17) is 11.6 Å². The Hall–Kier alpha value is -1.53. The number of aromatic nitrogens is 2. The maximum Gasteiger partial charge on any atom is 0.139 e. The van der Waals surface area contributed by atoms with Crippen molar-refractivity contribution in [2.45, 2.75) is 6.10 Å². The molecule has 2 N–H and O–H groups in total. The van der Waals surface area contributed by atoms with E-state index in [-0.39, 0.29) is 5.75 Å². The molecular formula is C16H15ClN2O2S. The average molecular weight is 335 g/mol. The summed E-state index contributed by atoms with van der Waals surface area (Å²) >= 11 is 5.00. The van der Waals surface area contributed by atoms with Crippen molar-refractivity contribution in [3.05, 3.63) is 53.3 Å². The number of nitrogens with one attached hydrogen (secondary N) is 1. The van der Waals surface area contributed by atoms with Crippen LogP contribution < -0.4 is 0 Å². The number of hydrogen-bond donors (Lipinski definition) is 2. The van der Waals surface area contributed by atoms with Crippen LogP contribution in [0.4, 0.5) is 0 Å². The van der Waals surface area contributed by atoms with Gasteiger partial charge in [-0.3, -0.25) is 4.98 Å². The van der Waals surface area contributed by atoms with E-state index in [1.807, 2.05) is 30.3 Å². The zero-order chi connectivity index (χ0) is 15.7. The molecule has 0 aliphatic heterocycles. The summed E-state index contributed by atoms with van der Waals surface area (Å²) in [7, 11) is 0. The Bertz CT molecular complexity index is 789. The quantitative estimate of drug-likeness (QED) is 0.719. The first-order valence-electron chi connectivity index (χ1n) is 6.77. The minimum absolute atomic E-state index is 0.167. The van der Waals surface area contributed by atoms with Gasteiger partial charge in [0, 0.05) is 27.7 Å². The van der Waals surface area contributed by atoms with Gasteiger partial charge in [0.05, 0.1) is 17.6 Å². The Morgan fingerprint density at radius 3 is 2.86 bits per heavy atom. The van der Waals surface area contributed by atoms with Gasteiger partial charge in [0.15, 0.2) is 0 Å². The molecule has 0 bridgehead atoms. The number of benzene rings is 1. The second-order valence-electron chi connectivity index (χ2n) is 5.07. The summed E-state index contributed by atoms with van der Waals surface area (Å²) in [6.07, 6.45) is 2.42. The molecule has 0 fully saturated rings. The molecule has 0 saturated carbocycles. The minimum Gasteiger partial charge on any atom is -0.616 e. The van der Waals surface area contributed by atoms with Crippen LogP contribution in [0, 0.1) is 0 Å². The van der Waals surface area contributed by atoms with Crippen molar-refractivity contribution < 1.29 is 9.66 Å². The van der Waals surface area contributed by atoms with Gasteiger partial charge in [0.1, 0.15) is 11.9 Å². The van der Waals surface area contributed by atoms with E-state index in [9.17, 15) is 9.66 Å². The average Bonchev–Trinajstić information content (AvgIpc) is 2.86. The van der Waals surface area contributed by atoms with Crippen molar-refractivity contribution in [2.24, 2.45) is 0 Å². The number of rotatable bonds is 4. The van der Waals surface area contributed by atoms with Crippen molar-refractivity contribution in [1.82, 2.24) is 9.97 Å². The van der Waals surface area contributed by atoms with Crippen LogP contribution in [0.3, 0.4) is 0 Å². The predicted molar refractivity (Wildman–Crippen MR) is 90.4 cm³/mol. The van der Waals surface area contributed by atoms with Crippen LogP contribution in [0.2, 0.25) is 5.02 Å². The molecule has 0 saturated heterocycles. The van der Waals surface area contributed by atoms with Crippen molar-refractivity contribution >= 4 is 33.7 Å². The molecule has 3 aromatic rings. The Labute approximate surface area is 136 Å². The van der Waals surface area contributed by atoms with Crippen LogP contribution in [0.15, 0.2) is 42.6 Å². The van der Waals surface area contributed by atoms with E-state index in [1.54, 1.807) is 18.5 Å². The number of aromatic amines is 1. The highest BCUT2D eigenvalue weighted by Crippen LogP contribution is 2.36. The summed E-state index contributed by atoms with van der Waals surface area (Å²) in [5, 5.41) is 11.9. The molecule has 2 atom stereocenters. The molecule has 4 nitrogen and oxygen atoms in total. The minimum atomic E-state index is -1.10. The van der Waals surface area contributed by atoms with Crippen LogP contribution in [0.5, 0.6) is 0 Å². The number of hydrogen-bond acceptors (Lipinski definition) is 3. The van der Waals surface area contributed by atoms with E-state index < -0.39 is 17.3 Å². The van der Waals surface area contributed by atoms with Gasteiger partial charge >= 0.3 is 0 Å². The van der Waals surface area contributed by atoms with Crippen molar-refractivity contribution in [1.29, 1.82) is 0 Å². The number of halogens is 1. The summed E-state index contributed by atoms with van der Waals surface area (Å²) < 4.78 is 11.4. The van der Waals surface area contributed by atoms with Crippen molar-refractivity contribution in [2.75, 3.05) is 12.0 Å². The fourth-order valence-electron chi connectivity index (χ4n) is 2.53. The zero-order valence-corrected chi connectivity index (χ0v) is 13.5. The largest absolute Gasteiger partial charge is 0.616 e. The lowest BCUT2D eigenvalue weighted by Gasteiger charge is -2.12. The Morgan fingerprint density at radius 2 is 2.18 bits per heavy atom. The first kappa shape index (κ1) is 15.4. The van der Waals surface area contributed by atoms with Crippen LogP contribution in [-0.4, -0.2) is 31.6 Å². The molecule has 0 aliphatic carbocycles. The van der Waals surface area contributed by atoms with Crippen molar-refractivity contribution in [3.8, 4) is 11.3 Å². The molecule has 114 valence electrons. The van der Waals surface area contributed by atoms with Crippen LogP contribution in [0.1, 0.15) is 11.8 Å². The monoisotopic (exact) mass is 334 g/mol. The molecule has 0 amide bonds. The van der Waals surface area contributed by atoms with Crippen LogP contribution in [0.25, 0.3) is 22.2 Å². The molecule has 6 heteroatoms. The second kappa shape index (κ2) is 6.30. The third kappa shape index (κ3) is 2.98. The topological polar surface area (TPSA) is 72.0 Å². The van der Waals surface area contributed by atoms with Gasteiger partial charge < -0.3 is 14.6 Å². The van der Waals surface area contributed by atoms with E-state index >= 15 is 0 Å². The number of H-pyrrole nitrogens is 1. The molecule has 2 unspecified atom stereocenters. The molecule has 0 aliphatic rings. The summed E-state index contributed by atoms with van der Waals surface area (Å²) in [6.45, 7) is 0. The van der Waals surface area contributed by atoms with Crippen LogP contribution in [-0.2, 0) is 11.2 Å². The maximum absolute atomic E-state index is 11.4. The number of fused-ring (bicyclic) bond motifs is 1. The molecule has 1 aromatic carbocycles. The van der Waals surface area contributed by atoms with Gasteiger partial charge in [-0.15, -0.1) is 0 Å². The Morgan fingerprint density at radius 1 is 1.36 bits per heavy atom. The van der Waals surface area contributed by atoms with E-state index in [0.29, 0.717) is 10.7 Å². The second-order valence-corrected chi connectivity index (χ2v) is 6.99. The lowest BCUT2D eigenvalue weighted by molar-refractivity contribution is 0.198. The summed E-state index contributed by atoms with van der Waals surface area (Å²) in [6, 6.07) is 11.1. The Balaban J connectivity index is 2.23. The molecule has 22 heavy (non-hydrogen) atoms. The highest BCUT2D eigenvalue weighted by molar-refractivity contribution is 7.90. The van der Waals surface area contributed by atoms with Gasteiger partial charge in [0.25, 0.3) is 0 Å². The predicted octanol–water partition coefficient (Wildman–Crippen LogP) is 3.30.